The standard InChI is InChI=1S/C17H20N2O3/c1-11(2)22-17(20)12-8-9-14(13(18)10-12)19-15-6-4-5-7-16(15)21-3/h4-11,19H,18H2,1-3H3. The highest BCUT2D eigenvalue weighted by Gasteiger charge is 2.12. The van der Waals surface area contributed by atoms with Crippen LogP contribution in [0.4, 0.5) is 17.1 Å². The van der Waals surface area contributed by atoms with E-state index in [0.29, 0.717) is 22.7 Å². The van der Waals surface area contributed by atoms with Gasteiger partial charge in [0.25, 0.3) is 0 Å². The molecule has 0 saturated heterocycles. The Labute approximate surface area is 130 Å². The second-order valence-electron chi connectivity index (χ2n) is 5.08. The Hall–Kier alpha value is -2.69. The lowest BCUT2D eigenvalue weighted by Gasteiger charge is -2.14. The summed E-state index contributed by atoms with van der Waals surface area (Å²) in [6.07, 6.45) is -0.167. The molecule has 0 heterocycles. The summed E-state index contributed by atoms with van der Waals surface area (Å²) in [6.45, 7) is 3.61. The van der Waals surface area contributed by atoms with Crippen molar-refractivity contribution in [3.8, 4) is 5.75 Å². The molecule has 0 atom stereocenters. The van der Waals surface area contributed by atoms with Crippen molar-refractivity contribution < 1.29 is 14.3 Å². The summed E-state index contributed by atoms with van der Waals surface area (Å²) in [4.78, 5) is 11.9. The first kappa shape index (κ1) is 15.7. The number of rotatable bonds is 5. The summed E-state index contributed by atoms with van der Waals surface area (Å²) in [5.74, 6) is 0.329. The van der Waals surface area contributed by atoms with E-state index >= 15 is 0 Å². The van der Waals surface area contributed by atoms with Gasteiger partial charge in [0.1, 0.15) is 5.75 Å². The van der Waals surface area contributed by atoms with Crippen molar-refractivity contribution in [3.05, 3.63) is 48.0 Å². The minimum absolute atomic E-state index is 0.167. The number of nitrogens with two attached hydrogens (primary N) is 1. The van der Waals surface area contributed by atoms with Gasteiger partial charge in [0.05, 0.1) is 35.8 Å². The van der Waals surface area contributed by atoms with E-state index in [-0.39, 0.29) is 12.1 Å². The van der Waals surface area contributed by atoms with Gasteiger partial charge in [-0.2, -0.15) is 0 Å². The van der Waals surface area contributed by atoms with Crippen LogP contribution in [-0.4, -0.2) is 19.2 Å². The molecule has 0 aliphatic rings. The highest BCUT2D eigenvalue weighted by atomic mass is 16.5. The number of nitrogens with one attached hydrogen (secondary N) is 1. The first-order valence-corrected chi connectivity index (χ1v) is 7.02. The summed E-state index contributed by atoms with van der Waals surface area (Å²) in [6, 6.07) is 12.6. The monoisotopic (exact) mass is 300 g/mol. The second kappa shape index (κ2) is 6.85. The molecule has 22 heavy (non-hydrogen) atoms. The topological polar surface area (TPSA) is 73.6 Å². The van der Waals surface area contributed by atoms with Gasteiger partial charge in [-0.1, -0.05) is 12.1 Å². The van der Waals surface area contributed by atoms with Crippen molar-refractivity contribution in [1.29, 1.82) is 0 Å². The van der Waals surface area contributed by atoms with E-state index < -0.39 is 0 Å². The van der Waals surface area contributed by atoms with Gasteiger partial charge in [0.2, 0.25) is 0 Å². The predicted molar refractivity (Wildman–Crippen MR) is 87.7 cm³/mol. The Bertz CT molecular complexity index is 669. The number of para-hydroxylation sites is 2. The van der Waals surface area contributed by atoms with Crippen LogP contribution in [-0.2, 0) is 4.74 Å². The first-order valence-electron chi connectivity index (χ1n) is 7.02. The largest absolute Gasteiger partial charge is 0.495 e. The zero-order valence-corrected chi connectivity index (χ0v) is 12.9. The van der Waals surface area contributed by atoms with Crippen LogP contribution in [0, 0.1) is 0 Å². The van der Waals surface area contributed by atoms with Crippen molar-refractivity contribution >= 4 is 23.0 Å². The third-order valence-electron chi connectivity index (χ3n) is 3.01. The van der Waals surface area contributed by atoms with Gasteiger partial charge in [-0.15, -0.1) is 0 Å². The van der Waals surface area contributed by atoms with Gasteiger partial charge < -0.3 is 20.5 Å². The average molecular weight is 300 g/mol. The van der Waals surface area contributed by atoms with Crippen molar-refractivity contribution in [2.45, 2.75) is 20.0 Å². The van der Waals surface area contributed by atoms with Crippen LogP contribution in [0.3, 0.4) is 0 Å². The molecular formula is C17H20N2O3. The number of hydrogen-bond donors (Lipinski definition) is 2. The maximum absolute atomic E-state index is 11.9. The molecule has 0 aliphatic carbocycles. The van der Waals surface area contributed by atoms with Crippen LogP contribution in [0.25, 0.3) is 0 Å². The fourth-order valence-electron chi connectivity index (χ4n) is 1.98. The number of carbonyl (C=O) groups is 1. The predicted octanol–water partition coefficient (Wildman–Crippen LogP) is 3.59. The minimum atomic E-state index is -0.384. The van der Waals surface area contributed by atoms with E-state index in [2.05, 4.69) is 5.32 Å². The molecule has 0 spiro atoms. The molecule has 0 saturated carbocycles. The lowest BCUT2D eigenvalue weighted by molar-refractivity contribution is 0.0378. The normalized spacial score (nSPS) is 10.4. The Morgan fingerprint density at radius 2 is 1.86 bits per heavy atom. The molecule has 0 bridgehead atoms. The van der Waals surface area contributed by atoms with E-state index in [1.807, 2.05) is 24.3 Å². The highest BCUT2D eigenvalue weighted by Crippen LogP contribution is 2.30. The number of benzene rings is 2. The van der Waals surface area contributed by atoms with Gasteiger partial charge in [-0.25, -0.2) is 4.79 Å². The Kier molecular flexibility index (Phi) is 4.88. The number of anilines is 3. The number of esters is 1. The average Bonchev–Trinajstić information content (AvgIpc) is 2.49. The van der Waals surface area contributed by atoms with E-state index in [1.54, 1.807) is 39.2 Å². The second-order valence-corrected chi connectivity index (χ2v) is 5.08. The SMILES string of the molecule is COc1ccccc1Nc1ccc(C(=O)OC(C)C)cc1N. The van der Waals surface area contributed by atoms with Gasteiger partial charge in [-0.05, 0) is 44.2 Å². The molecule has 0 unspecified atom stereocenters. The number of carbonyl (C=O) groups excluding carboxylic acids is 1. The van der Waals surface area contributed by atoms with Gasteiger partial charge >= 0.3 is 5.97 Å². The smallest absolute Gasteiger partial charge is 0.338 e. The molecule has 0 aliphatic heterocycles. The lowest BCUT2D eigenvalue weighted by atomic mass is 10.1. The molecule has 3 N–H and O–H groups in total. The van der Waals surface area contributed by atoms with E-state index in [9.17, 15) is 4.79 Å². The van der Waals surface area contributed by atoms with Crippen molar-refractivity contribution in [2.75, 3.05) is 18.2 Å². The van der Waals surface area contributed by atoms with E-state index in [1.165, 1.54) is 0 Å². The molecule has 5 heteroatoms. The summed E-state index contributed by atoms with van der Waals surface area (Å²) < 4.78 is 10.4. The molecular weight excluding hydrogens is 280 g/mol. The lowest BCUT2D eigenvalue weighted by Crippen LogP contribution is -2.12. The third-order valence-corrected chi connectivity index (χ3v) is 3.01. The van der Waals surface area contributed by atoms with E-state index in [4.69, 9.17) is 15.2 Å². The molecule has 2 rings (SSSR count). The third kappa shape index (κ3) is 3.69. The first-order chi connectivity index (χ1) is 10.5. The van der Waals surface area contributed by atoms with Gasteiger partial charge in [0.15, 0.2) is 0 Å². The zero-order chi connectivity index (χ0) is 16.1. The fraction of sp³-hybridized carbons (Fsp3) is 0.235. The minimum Gasteiger partial charge on any atom is -0.495 e. The molecule has 0 radical (unpaired) electrons. The number of ether oxygens (including phenoxy) is 2. The zero-order valence-electron chi connectivity index (χ0n) is 12.9. The maximum atomic E-state index is 11.9. The molecule has 116 valence electrons. The quantitative estimate of drug-likeness (QED) is 0.652. The van der Waals surface area contributed by atoms with Crippen LogP contribution in [0.1, 0.15) is 24.2 Å². The van der Waals surface area contributed by atoms with Crippen LogP contribution in [0.2, 0.25) is 0 Å². The highest BCUT2D eigenvalue weighted by molar-refractivity contribution is 5.92. The van der Waals surface area contributed by atoms with Gasteiger partial charge in [0, 0.05) is 0 Å². The molecule has 2 aromatic rings. The molecule has 0 amide bonds. The van der Waals surface area contributed by atoms with Crippen LogP contribution < -0.4 is 15.8 Å². The van der Waals surface area contributed by atoms with Crippen LogP contribution >= 0.6 is 0 Å². The molecule has 2 aromatic carbocycles. The number of methoxy groups -OCH3 is 1. The summed E-state index contributed by atoms with van der Waals surface area (Å²) in [7, 11) is 1.61. The molecule has 0 fully saturated rings. The summed E-state index contributed by atoms with van der Waals surface area (Å²) in [5.41, 5.74) is 8.41. The van der Waals surface area contributed by atoms with Gasteiger partial charge in [-0.3, -0.25) is 0 Å². The number of hydrogen-bond acceptors (Lipinski definition) is 5. The maximum Gasteiger partial charge on any atom is 0.338 e. The van der Waals surface area contributed by atoms with Crippen molar-refractivity contribution in [3.63, 3.8) is 0 Å². The Morgan fingerprint density at radius 3 is 2.50 bits per heavy atom. The van der Waals surface area contributed by atoms with E-state index in [0.717, 1.165) is 5.69 Å². The molecule has 5 nitrogen and oxygen atoms in total. The summed E-state index contributed by atoms with van der Waals surface area (Å²) >= 11 is 0. The van der Waals surface area contributed by atoms with Crippen molar-refractivity contribution in [1.82, 2.24) is 0 Å². The Balaban J connectivity index is 2.21. The van der Waals surface area contributed by atoms with Crippen molar-refractivity contribution in [2.24, 2.45) is 0 Å². The van der Waals surface area contributed by atoms with Crippen LogP contribution in [0.5, 0.6) is 5.75 Å². The fourth-order valence-corrected chi connectivity index (χ4v) is 1.98. The van der Waals surface area contributed by atoms with Crippen LogP contribution in [0.15, 0.2) is 42.5 Å². The number of nitrogen functional groups attached to an aromatic ring is 1. The molecule has 0 aromatic heterocycles. The summed E-state index contributed by atoms with van der Waals surface area (Å²) in [5, 5.41) is 3.20. The Morgan fingerprint density at radius 1 is 1.14 bits per heavy atom.